The molecule has 1 heterocycles. The lowest BCUT2D eigenvalue weighted by molar-refractivity contribution is 0.416. The molecular weight excluding hydrogens is 266 g/mol. The van der Waals surface area contributed by atoms with Crippen LogP contribution in [0.25, 0.3) is 21.9 Å². The number of nitrogen functional groups attached to an aromatic ring is 1. The molecule has 3 rings (SSSR count). The molecule has 2 N–H and O–H groups in total. The summed E-state index contributed by atoms with van der Waals surface area (Å²) < 4.78 is 12.7. The van der Waals surface area contributed by atoms with E-state index in [-0.39, 0.29) is 0 Å². The Hall–Kier alpha value is -2.69. The summed E-state index contributed by atoms with van der Waals surface area (Å²) in [5.41, 5.74) is 7.86. The largest absolute Gasteiger partial charge is 0.496 e. The van der Waals surface area contributed by atoms with E-state index in [0.717, 1.165) is 33.4 Å². The van der Waals surface area contributed by atoms with Crippen molar-refractivity contribution in [3.8, 4) is 22.6 Å². The second-order valence-electron chi connectivity index (χ2n) is 4.77. The van der Waals surface area contributed by atoms with Crippen molar-refractivity contribution < 1.29 is 9.47 Å². The van der Waals surface area contributed by atoms with Gasteiger partial charge in [-0.1, -0.05) is 12.1 Å². The highest BCUT2D eigenvalue weighted by atomic mass is 16.5. The third-order valence-electron chi connectivity index (χ3n) is 3.67. The van der Waals surface area contributed by atoms with Crippen molar-refractivity contribution in [2.45, 2.75) is 0 Å². The van der Waals surface area contributed by atoms with Crippen molar-refractivity contribution in [2.24, 2.45) is 7.05 Å². The molecule has 0 bridgehead atoms. The van der Waals surface area contributed by atoms with Crippen LogP contribution in [-0.4, -0.2) is 24.0 Å². The predicted molar refractivity (Wildman–Crippen MR) is 83.7 cm³/mol. The Kier molecular flexibility index (Phi) is 3.17. The summed E-state index contributed by atoms with van der Waals surface area (Å²) in [6.45, 7) is 0. The maximum absolute atomic E-state index is 6.08. The maximum Gasteiger partial charge on any atom is 0.134 e. The average Bonchev–Trinajstić information content (AvgIpc) is 2.85. The minimum Gasteiger partial charge on any atom is -0.496 e. The van der Waals surface area contributed by atoms with E-state index in [1.54, 1.807) is 25.1 Å². The van der Waals surface area contributed by atoms with E-state index in [0.29, 0.717) is 5.82 Å². The molecule has 3 aromatic rings. The van der Waals surface area contributed by atoms with Crippen LogP contribution in [0.4, 0.5) is 5.82 Å². The molecule has 21 heavy (non-hydrogen) atoms. The summed E-state index contributed by atoms with van der Waals surface area (Å²) >= 11 is 0. The van der Waals surface area contributed by atoms with E-state index in [1.807, 2.05) is 37.4 Å². The van der Waals surface area contributed by atoms with Gasteiger partial charge in [-0.05, 0) is 18.2 Å². The number of rotatable bonds is 3. The first-order chi connectivity index (χ1) is 10.2. The van der Waals surface area contributed by atoms with E-state index >= 15 is 0 Å². The Balaban J connectivity index is 2.33. The molecule has 108 valence electrons. The summed E-state index contributed by atoms with van der Waals surface area (Å²) in [6, 6.07) is 9.88. The lowest BCUT2D eigenvalue weighted by atomic mass is 10.0. The Labute approximate surface area is 122 Å². The molecule has 2 aromatic carbocycles. The van der Waals surface area contributed by atoms with Crippen molar-refractivity contribution in [3.63, 3.8) is 0 Å². The summed E-state index contributed by atoms with van der Waals surface area (Å²) in [4.78, 5) is 0. The zero-order valence-corrected chi connectivity index (χ0v) is 12.3. The standard InChI is InChI=1S/C16H17N3O2/c1-19-16(17)13(9-18-19)12-8-7-10-11(15(12)21-3)5-4-6-14(10)20-2/h4-9H,17H2,1-3H3. The summed E-state index contributed by atoms with van der Waals surface area (Å²) in [6.07, 6.45) is 1.75. The highest BCUT2D eigenvalue weighted by Gasteiger charge is 2.16. The van der Waals surface area contributed by atoms with E-state index in [2.05, 4.69) is 5.10 Å². The van der Waals surface area contributed by atoms with Crippen LogP contribution in [-0.2, 0) is 7.05 Å². The van der Waals surface area contributed by atoms with E-state index in [9.17, 15) is 0 Å². The topological polar surface area (TPSA) is 62.3 Å². The fourth-order valence-electron chi connectivity index (χ4n) is 2.57. The maximum atomic E-state index is 6.08. The molecule has 0 atom stereocenters. The molecule has 0 aliphatic rings. The number of anilines is 1. The molecule has 0 spiro atoms. The highest BCUT2D eigenvalue weighted by Crippen LogP contribution is 2.41. The van der Waals surface area contributed by atoms with Crippen LogP contribution >= 0.6 is 0 Å². The molecule has 5 heteroatoms. The van der Waals surface area contributed by atoms with Gasteiger partial charge in [0.1, 0.15) is 17.3 Å². The molecule has 0 saturated carbocycles. The van der Waals surface area contributed by atoms with Crippen LogP contribution in [0.1, 0.15) is 0 Å². The van der Waals surface area contributed by atoms with Gasteiger partial charge < -0.3 is 15.2 Å². The Morgan fingerprint density at radius 3 is 2.43 bits per heavy atom. The zero-order chi connectivity index (χ0) is 15.0. The number of nitrogens with zero attached hydrogens (tertiary/aromatic N) is 2. The van der Waals surface area contributed by atoms with Crippen LogP contribution in [0.3, 0.4) is 0 Å². The molecule has 0 amide bonds. The number of benzene rings is 2. The highest BCUT2D eigenvalue weighted by molar-refractivity contribution is 5.99. The van der Waals surface area contributed by atoms with Gasteiger partial charge in [-0.3, -0.25) is 4.68 Å². The number of methoxy groups -OCH3 is 2. The first kappa shape index (κ1) is 13.3. The number of ether oxygens (including phenoxy) is 2. The van der Waals surface area contributed by atoms with E-state index in [4.69, 9.17) is 15.2 Å². The van der Waals surface area contributed by atoms with Crippen molar-refractivity contribution >= 4 is 16.6 Å². The zero-order valence-electron chi connectivity index (χ0n) is 12.3. The van der Waals surface area contributed by atoms with Crippen molar-refractivity contribution in [1.29, 1.82) is 0 Å². The quantitative estimate of drug-likeness (QED) is 0.803. The minimum atomic E-state index is 0.607. The third-order valence-corrected chi connectivity index (χ3v) is 3.67. The second kappa shape index (κ2) is 5.01. The van der Waals surface area contributed by atoms with E-state index in [1.165, 1.54) is 0 Å². The van der Waals surface area contributed by atoms with Crippen molar-refractivity contribution in [2.75, 3.05) is 20.0 Å². The van der Waals surface area contributed by atoms with Crippen LogP contribution in [0.5, 0.6) is 11.5 Å². The first-order valence-electron chi connectivity index (χ1n) is 6.59. The summed E-state index contributed by atoms with van der Waals surface area (Å²) in [5.74, 6) is 2.19. The number of aryl methyl sites for hydroxylation is 1. The summed E-state index contributed by atoms with van der Waals surface area (Å²) in [5, 5.41) is 6.18. The Morgan fingerprint density at radius 1 is 1.00 bits per heavy atom. The fourth-order valence-corrected chi connectivity index (χ4v) is 2.57. The van der Waals surface area contributed by atoms with Gasteiger partial charge in [0.2, 0.25) is 0 Å². The van der Waals surface area contributed by atoms with Crippen molar-refractivity contribution in [3.05, 3.63) is 36.5 Å². The number of fused-ring (bicyclic) bond motifs is 1. The van der Waals surface area contributed by atoms with Gasteiger partial charge in [0.05, 0.1) is 20.4 Å². The average molecular weight is 283 g/mol. The smallest absolute Gasteiger partial charge is 0.134 e. The van der Waals surface area contributed by atoms with Gasteiger partial charge in [-0.15, -0.1) is 0 Å². The Bertz CT molecular complexity index is 809. The van der Waals surface area contributed by atoms with Gasteiger partial charge in [-0.2, -0.15) is 5.10 Å². The molecule has 0 aliphatic carbocycles. The molecule has 1 aromatic heterocycles. The van der Waals surface area contributed by atoms with Gasteiger partial charge in [0, 0.05) is 28.9 Å². The van der Waals surface area contributed by atoms with Crippen LogP contribution in [0.2, 0.25) is 0 Å². The molecule has 5 nitrogen and oxygen atoms in total. The molecule has 0 aliphatic heterocycles. The van der Waals surface area contributed by atoms with Gasteiger partial charge in [0.25, 0.3) is 0 Å². The monoisotopic (exact) mass is 283 g/mol. The van der Waals surface area contributed by atoms with Gasteiger partial charge in [-0.25, -0.2) is 0 Å². The van der Waals surface area contributed by atoms with Gasteiger partial charge >= 0.3 is 0 Å². The predicted octanol–water partition coefficient (Wildman–Crippen LogP) is 2.84. The molecule has 0 unspecified atom stereocenters. The number of hydrogen-bond acceptors (Lipinski definition) is 4. The SMILES string of the molecule is COc1cccc2c(OC)c(-c3cnn(C)c3N)ccc12. The van der Waals surface area contributed by atoms with Crippen LogP contribution in [0.15, 0.2) is 36.5 Å². The molecule has 0 radical (unpaired) electrons. The van der Waals surface area contributed by atoms with Crippen LogP contribution in [0, 0.1) is 0 Å². The number of hydrogen-bond donors (Lipinski definition) is 1. The summed E-state index contributed by atoms with van der Waals surface area (Å²) in [7, 11) is 5.13. The first-order valence-corrected chi connectivity index (χ1v) is 6.59. The molecule has 0 fully saturated rings. The molecular formula is C16H17N3O2. The number of aromatic nitrogens is 2. The number of nitrogens with two attached hydrogens (primary N) is 1. The lowest BCUT2D eigenvalue weighted by Gasteiger charge is -2.13. The van der Waals surface area contributed by atoms with E-state index < -0.39 is 0 Å². The lowest BCUT2D eigenvalue weighted by Crippen LogP contribution is -1.99. The third kappa shape index (κ3) is 1.98. The van der Waals surface area contributed by atoms with Crippen LogP contribution < -0.4 is 15.2 Å². The minimum absolute atomic E-state index is 0.607. The fraction of sp³-hybridized carbons (Fsp3) is 0.188. The van der Waals surface area contributed by atoms with Crippen molar-refractivity contribution in [1.82, 2.24) is 9.78 Å². The molecule has 0 saturated heterocycles. The second-order valence-corrected chi connectivity index (χ2v) is 4.77. The Morgan fingerprint density at radius 2 is 1.81 bits per heavy atom. The normalized spacial score (nSPS) is 10.8. The van der Waals surface area contributed by atoms with Gasteiger partial charge in [0.15, 0.2) is 0 Å².